The highest BCUT2D eigenvalue weighted by atomic mass is 35.5. The molecule has 4 nitrogen and oxygen atoms in total. The van der Waals surface area contributed by atoms with Gasteiger partial charge in [-0.1, -0.05) is 6.08 Å². The number of ether oxygens (including phenoxy) is 2. The second-order valence-corrected chi connectivity index (χ2v) is 2.94. The van der Waals surface area contributed by atoms with Gasteiger partial charge in [0.25, 0.3) is 0 Å². The molecular formula is C10H15ClO4. The molecule has 0 N–H and O–H groups in total. The average molecular weight is 235 g/mol. The maximum atomic E-state index is 10.9. The Hall–Kier alpha value is -1.03. The molecule has 0 aromatic heterocycles. The van der Waals surface area contributed by atoms with Crippen molar-refractivity contribution in [2.24, 2.45) is 0 Å². The van der Waals surface area contributed by atoms with Crippen molar-refractivity contribution in [1.82, 2.24) is 0 Å². The predicted octanol–water partition coefficient (Wildman–Crippen LogP) is 1.67. The van der Waals surface area contributed by atoms with E-state index >= 15 is 0 Å². The molecule has 0 unspecified atom stereocenters. The highest BCUT2D eigenvalue weighted by Gasteiger charge is 2.02. The van der Waals surface area contributed by atoms with Crippen LogP contribution in [-0.4, -0.2) is 31.0 Å². The van der Waals surface area contributed by atoms with Gasteiger partial charge in [0.2, 0.25) is 0 Å². The van der Waals surface area contributed by atoms with Gasteiger partial charge in [0, 0.05) is 18.4 Å². The quantitative estimate of drug-likeness (QED) is 0.291. The van der Waals surface area contributed by atoms with Gasteiger partial charge < -0.3 is 9.47 Å². The Labute approximate surface area is 94.2 Å². The summed E-state index contributed by atoms with van der Waals surface area (Å²) in [5, 5.41) is 0. The fourth-order valence-corrected chi connectivity index (χ4v) is 0.900. The number of allylic oxidation sites excluding steroid dienone is 1. The minimum atomic E-state index is -0.445. The standard InChI is InChI=1S/C10H15ClO4/c1-2-14-9(12)6-4-8-15-10(13)5-3-7-11/h3,5H,2,4,6-8H2,1H3. The second-order valence-electron chi connectivity index (χ2n) is 2.63. The zero-order chi connectivity index (χ0) is 11.5. The maximum Gasteiger partial charge on any atom is 0.330 e. The molecule has 0 bridgehead atoms. The van der Waals surface area contributed by atoms with E-state index in [1.807, 2.05) is 0 Å². The van der Waals surface area contributed by atoms with Gasteiger partial charge in [0.1, 0.15) is 0 Å². The minimum absolute atomic E-state index is 0.213. The summed E-state index contributed by atoms with van der Waals surface area (Å²) in [6.45, 7) is 2.33. The molecular weight excluding hydrogens is 220 g/mol. The molecule has 0 heterocycles. The van der Waals surface area contributed by atoms with Crippen LogP contribution in [0.25, 0.3) is 0 Å². The summed E-state index contributed by atoms with van der Waals surface area (Å²) in [6, 6.07) is 0. The zero-order valence-electron chi connectivity index (χ0n) is 8.70. The van der Waals surface area contributed by atoms with Crippen molar-refractivity contribution in [1.29, 1.82) is 0 Å². The number of carbonyl (C=O) groups is 2. The molecule has 0 saturated carbocycles. The van der Waals surface area contributed by atoms with E-state index in [0.717, 1.165) is 0 Å². The van der Waals surface area contributed by atoms with Gasteiger partial charge in [0.05, 0.1) is 13.2 Å². The van der Waals surface area contributed by atoms with Crippen LogP contribution >= 0.6 is 11.6 Å². The third-order valence-corrected chi connectivity index (χ3v) is 1.60. The smallest absolute Gasteiger partial charge is 0.330 e. The molecule has 5 heteroatoms. The number of rotatable bonds is 7. The van der Waals surface area contributed by atoms with E-state index < -0.39 is 5.97 Å². The number of alkyl halides is 1. The first-order chi connectivity index (χ1) is 7.20. The van der Waals surface area contributed by atoms with E-state index in [1.165, 1.54) is 12.2 Å². The molecule has 0 aromatic carbocycles. The molecule has 0 saturated heterocycles. The van der Waals surface area contributed by atoms with Crippen LogP contribution in [0.5, 0.6) is 0 Å². The lowest BCUT2D eigenvalue weighted by Gasteiger charge is -2.02. The summed E-state index contributed by atoms with van der Waals surface area (Å²) in [7, 11) is 0. The maximum absolute atomic E-state index is 10.9. The lowest BCUT2D eigenvalue weighted by molar-refractivity contribution is -0.145. The Kier molecular flexibility index (Phi) is 8.87. The molecule has 0 aliphatic rings. The number of esters is 2. The first kappa shape index (κ1) is 14.0. The van der Waals surface area contributed by atoms with Crippen LogP contribution in [0, 0.1) is 0 Å². The van der Waals surface area contributed by atoms with Gasteiger partial charge in [-0.2, -0.15) is 0 Å². The first-order valence-electron chi connectivity index (χ1n) is 4.75. The van der Waals surface area contributed by atoms with Gasteiger partial charge in [-0.25, -0.2) is 4.79 Å². The van der Waals surface area contributed by atoms with Crippen LogP contribution in [0.2, 0.25) is 0 Å². The monoisotopic (exact) mass is 234 g/mol. The molecule has 0 rings (SSSR count). The van der Waals surface area contributed by atoms with E-state index in [0.29, 0.717) is 13.0 Å². The third-order valence-electron chi connectivity index (χ3n) is 1.42. The Morgan fingerprint density at radius 2 is 2.07 bits per heavy atom. The van der Waals surface area contributed by atoms with Crippen molar-refractivity contribution >= 4 is 23.5 Å². The van der Waals surface area contributed by atoms with Crippen LogP contribution in [0.15, 0.2) is 12.2 Å². The van der Waals surface area contributed by atoms with Crippen LogP contribution in [0.3, 0.4) is 0 Å². The lowest BCUT2D eigenvalue weighted by Crippen LogP contribution is -2.07. The summed E-state index contributed by atoms with van der Waals surface area (Å²) in [4.78, 5) is 21.8. The van der Waals surface area contributed by atoms with Crippen LogP contribution in [0.1, 0.15) is 19.8 Å². The fraction of sp³-hybridized carbons (Fsp3) is 0.600. The SMILES string of the molecule is CCOC(=O)CCCOC(=O)C=CCCl. The molecule has 86 valence electrons. The zero-order valence-corrected chi connectivity index (χ0v) is 9.46. The molecule has 0 amide bonds. The number of hydrogen-bond donors (Lipinski definition) is 0. The van der Waals surface area contributed by atoms with Gasteiger partial charge in [-0.15, -0.1) is 11.6 Å². The average Bonchev–Trinajstić information content (AvgIpc) is 2.22. The van der Waals surface area contributed by atoms with Crippen molar-refractivity contribution in [3.63, 3.8) is 0 Å². The van der Waals surface area contributed by atoms with Gasteiger partial charge in [0.15, 0.2) is 0 Å². The van der Waals surface area contributed by atoms with E-state index in [1.54, 1.807) is 6.92 Å². The van der Waals surface area contributed by atoms with E-state index in [-0.39, 0.29) is 24.9 Å². The largest absolute Gasteiger partial charge is 0.466 e. The molecule has 0 aromatic rings. The van der Waals surface area contributed by atoms with Crippen molar-refractivity contribution in [2.45, 2.75) is 19.8 Å². The molecule has 0 aliphatic heterocycles. The Bertz CT molecular complexity index is 225. The third kappa shape index (κ3) is 9.28. The van der Waals surface area contributed by atoms with Crippen molar-refractivity contribution in [3.8, 4) is 0 Å². The second kappa shape index (κ2) is 9.52. The molecule has 0 aliphatic carbocycles. The predicted molar refractivity (Wildman–Crippen MR) is 56.7 cm³/mol. The van der Waals surface area contributed by atoms with E-state index in [9.17, 15) is 9.59 Å². The molecule has 15 heavy (non-hydrogen) atoms. The van der Waals surface area contributed by atoms with E-state index in [4.69, 9.17) is 21.1 Å². The van der Waals surface area contributed by atoms with E-state index in [2.05, 4.69) is 0 Å². The highest BCUT2D eigenvalue weighted by molar-refractivity contribution is 6.19. The summed E-state index contributed by atoms with van der Waals surface area (Å²) in [5.41, 5.74) is 0. The Morgan fingerprint density at radius 3 is 2.67 bits per heavy atom. The number of hydrogen-bond acceptors (Lipinski definition) is 4. The summed E-state index contributed by atoms with van der Waals surface area (Å²) in [6.07, 6.45) is 3.49. The number of carbonyl (C=O) groups excluding carboxylic acids is 2. The number of halogens is 1. The van der Waals surface area contributed by atoms with Gasteiger partial charge in [-0.05, 0) is 13.3 Å². The lowest BCUT2D eigenvalue weighted by atomic mass is 10.3. The fourth-order valence-electron chi connectivity index (χ4n) is 0.811. The summed E-state index contributed by atoms with van der Waals surface area (Å²) in [5.74, 6) is -0.442. The summed E-state index contributed by atoms with van der Waals surface area (Å²) < 4.78 is 9.48. The topological polar surface area (TPSA) is 52.6 Å². The van der Waals surface area contributed by atoms with Crippen molar-refractivity contribution in [2.75, 3.05) is 19.1 Å². The molecule has 0 fully saturated rings. The van der Waals surface area contributed by atoms with Gasteiger partial charge >= 0.3 is 11.9 Å². The molecule has 0 radical (unpaired) electrons. The normalized spacial score (nSPS) is 10.3. The highest BCUT2D eigenvalue weighted by Crippen LogP contribution is 1.94. The minimum Gasteiger partial charge on any atom is -0.466 e. The first-order valence-corrected chi connectivity index (χ1v) is 5.29. The molecule has 0 atom stereocenters. The van der Waals surface area contributed by atoms with Crippen LogP contribution in [0.4, 0.5) is 0 Å². The summed E-state index contributed by atoms with van der Waals surface area (Å²) >= 11 is 5.33. The van der Waals surface area contributed by atoms with Gasteiger partial charge in [-0.3, -0.25) is 4.79 Å². The Balaban J connectivity index is 3.42. The van der Waals surface area contributed by atoms with Crippen molar-refractivity contribution < 1.29 is 19.1 Å². The van der Waals surface area contributed by atoms with Crippen molar-refractivity contribution in [3.05, 3.63) is 12.2 Å². The molecule has 0 spiro atoms. The Morgan fingerprint density at radius 1 is 1.33 bits per heavy atom. The van der Waals surface area contributed by atoms with Crippen LogP contribution < -0.4 is 0 Å². The van der Waals surface area contributed by atoms with Crippen LogP contribution in [-0.2, 0) is 19.1 Å².